The van der Waals surface area contributed by atoms with Gasteiger partial charge in [-0.15, -0.1) is 0 Å². The summed E-state index contributed by atoms with van der Waals surface area (Å²) in [5.41, 5.74) is 0.926. The van der Waals surface area contributed by atoms with E-state index in [2.05, 4.69) is 17.1 Å². The van der Waals surface area contributed by atoms with Crippen LogP contribution in [0.5, 0.6) is 0 Å². The van der Waals surface area contributed by atoms with Gasteiger partial charge in [-0.05, 0) is 38.3 Å². The number of nitrogens with zero attached hydrogens (tertiary/aromatic N) is 1. The van der Waals surface area contributed by atoms with Crippen molar-refractivity contribution in [3.8, 4) is 0 Å². The van der Waals surface area contributed by atoms with Crippen LogP contribution in [-0.2, 0) is 11.3 Å². The van der Waals surface area contributed by atoms with E-state index < -0.39 is 5.97 Å². The minimum Gasteiger partial charge on any atom is -0.463 e. The first-order valence-corrected chi connectivity index (χ1v) is 7.86. The molecule has 0 amide bonds. The molecule has 2 fully saturated rings. The highest BCUT2D eigenvalue weighted by molar-refractivity contribution is 5.87. The number of methoxy groups -OCH3 is 1. The minimum atomic E-state index is -0.392. The van der Waals surface area contributed by atoms with Gasteiger partial charge in [0.2, 0.25) is 5.76 Å². The van der Waals surface area contributed by atoms with Crippen molar-refractivity contribution < 1.29 is 13.9 Å². The highest BCUT2D eigenvalue weighted by Gasteiger charge is 2.36. The van der Waals surface area contributed by atoms with Gasteiger partial charge < -0.3 is 14.5 Å². The number of piperidine rings is 1. The Bertz CT molecular complexity index is 487. The van der Waals surface area contributed by atoms with Gasteiger partial charge in [0.15, 0.2) is 0 Å². The summed E-state index contributed by atoms with van der Waals surface area (Å²) in [6.45, 7) is 3.92. The standard InChI is InChI=1S/C16H24N2O3/c1-3-18(14-8-12-4-5-13(9-14)17-12)10-11-6-7-21-15(11)16(19)20-2/h6-7,12-14,17H,3-5,8-10H2,1-2H3. The molecule has 2 aliphatic heterocycles. The molecule has 2 aliphatic rings. The Morgan fingerprint density at radius 2 is 2.14 bits per heavy atom. The lowest BCUT2D eigenvalue weighted by Gasteiger charge is -2.37. The van der Waals surface area contributed by atoms with Gasteiger partial charge in [0.05, 0.1) is 13.4 Å². The average molecular weight is 292 g/mol. The van der Waals surface area contributed by atoms with E-state index >= 15 is 0 Å². The minimum absolute atomic E-state index is 0.341. The maximum Gasteiger partial charge on any atom is 0.374 e. The van der Waals surface area contributed by atoms with Crippen LogP contribution in [-0.4, -0.2) is 42.6 Å². The van der Waals surface area contributed by atoms with Crippen molar-refractivity contribution in [2.24, 2.45) is 0 Å². The van der Waals surface area contributed by atoms with Gasteiger partial charge in [-0.3, -0.25) is 4.90 Å². The van der Waals surface area contributed by atoms with E-state index in [9.17, 15) is 4.79 Å². The van der Waals surface area contributed by atoms with Gasteiger partial charge in [-0.1, -0.05) is 6.92 Å². The van der Waals surface area contributed by atoms with Gasteiger partial charge >= 0.3 is 5.97 Å². The van der Waals surface area contributed by atoms with Crippen LogP contribution in [0, 0.1) is 0 Å². The first-order chi connectivity index (χ1) is 10.2. The van der Waals surface area contributed by atoms with Crippen LogP contribution >= 0.6 is 0 Å². The molecule has 1 aromatic rings. The molecule has 0 spiro atoms. The van der Waals surface area contributed by atoms with Crippen molar-refractivity contribution in [2.45, 2.75) is 57.3 Å². The number of hydrogen-bond acceptors (Lipinski definition) is 5. The van der Waals surface area contributed by atoms with E-state index in [0.29, 0.717) is 23.9 Å². The molecule has 3 rings (SSSR count). The SMILES string of the molecule is CCN(Cc1ccoc1C(=O)OC)C1CC2CCC(C1)N2. The number of fused-ring (bicyclic) bond motifs is 2. The quantitative estimate of drug-likeness (QED) is 0.843. The fourth-order valence-corrected chi connectivity index (χ4v) is 3.78. The van der Waals surface area contributed by atoms with Crippen LogP contribution in [0.15, 0.2) is 16.7 Å². The molecule has 116 valence electrons. The van der Waals surface area contributed by atoms with E-state index in [-0.39, 0.29) is 0 Å². The predicted octanol–water partition coefficient (Wildman–Crippen LogP) is 2.17. The molecule has 21 heavy (non-hydrogen) atoms. The smallest absolute Gasteiger partial charge is 0.374 e. The van der Waals surface area contributed by atoms with Crippen molar-refractivity contribution in [1.82, 2.24) is 10.2 Å². The number of esters is 1. The summed E-state index contributed by atoms with van der Waals surface area (Å²) >= 11 is 0. The van der Waals surface area contributed by atoms with Crippen molar-refractivity contribution in [1.29, 1.82) is 0 Å². The van der Waals surface area contributed by atoms with E-state index in [4.69, 9.17) is 9.15 Å². The topological polar surface area (TPSA) is 54.7 Å². The Labute approximate surface area is 125 Å². The first kappa shape index (κ1) is 14.6. The molecule has 5 nitrogen and oxygen atoms in total. The lowest BCUT2D eigenvalue weighted by molar-refractivity contribution is 0.0559. The fraction of sp³-hybridized carbons (Fsp3) is 0.688. The zero-order chi connectivity index (χ0) is 14.8. The van der Waals surface area contributed by atoms with E-state index in [0.717, 1.165) is 18.7 Å². The predicted molar refractivity (Wildman–Crippen MR) is 79.1 cm³/mol. The summed E-state index contributed by atoms with van der Waals surface area (Å²) in [5, 5.41) is 3.68. The van der Waals surface area contributed by atoms with Crippen LogP contribution in [0.2, 0.25) is 0 Å². The molecule has 2 unspecified atom stereocenters. The van der Waals surface area contributed by atoms with Crippen molar-refractivity contribution in [2.75, 3.05) is 13.7 Å². The summed E-state index contributed by atoms with van der Waals surface area (Å²) in [5.74, 6) is -0.0516. The van der Waals surface area contributed by atoms with Crippen LogP contribution in [0.3, 0.4) is 0 Å². The van der Waals surface area contributed by atoms with E-state index in [1.807, 2.05) is 6.07 Å². The van der Waals surface area contributed by atoms with Crippen molar-refractivity contribution in [3.05, 3.63) is 23.7 Å². The maximum absolute atomic E-state index is 11.7. The van der Waals surface area contributed by atoms with Crippen molar-refractivity contribution >= 4 is 5.97 Å². The lowest BCUT2D eigenvalue weighted by atomic mass is 9.97. The number of rotatable bonds is 5. The second-order valence-corrected chi connectivity index (χ2v) is 6.09. The Morgan fingerprint density at radius 3 is 2.76 bits per heavy atom. The Morgan fingerprint density at radius 1 is 1.43 bits per heavy atom. The highest BCUT2D eigenvalue weighted by atomic mass is 16.5. The molecular formula is C16H24N2O3. The first-order valence-electron chi connectivity index (χ1n) is 7.86. The Hall–Kier alpha value is -1.33. The third-order valence-electron chi connectivity index (χ3n) is 4.86. The zero-order valence-corrected chi connectivity index (χ0v) is 12.8. The van der Waals surface area contributed by atoms with Crippen LogP contribution in [0.1, 0.15) is 48.7 Å². The number of carbonyl (C=O) groups excluding carboxylic acids is 1. The van der Waals surface area contributed by atoms with Gasteiger partial charge in [0.1, 0.15) is 0 Å². The molecule has 1 N–H and O–H groups in total. The fourth-order valence-electron chi connectivity index (χ4n) is 3.78. The number of carbonyl (C=O) groups is 1. The molecular weight excluding hydrogens is 268 g/mol. The summed E-state index contributed by atoms with van der Waals surface area (Å²) in [4.78, 5) is 14.2. The lowest BCUT2D eigenvalue weighted by Crippen LogP contribution is -2.48. The molecule has 0 aromatic carbocycles. The highest BCUT2D eigenvalue weighted by Crippen LogP contribution is 2.30. The second kappa shape index (κ2) is 6.20. The largest absolute Gasteiger partial charge is 0.463 e. The van der Waals surface area contributed by atoms with Gasteiger partial charge in [-0.2, -0.15) is 0 Å². The molecule has 1 aromatic heterocycles. The van der Waals surface area contributed by atoms with Crippen LogP contribution in [0.25, 0.3) is 0 Å². The van der Waals surface area contributed by atoms with E-state index in [1.165, 1.54) is 32.8 Å². The summed E-state index contributed by atoms with van der Waals surface area (Å²) in [6, 6.07) is 3.82. The Balaban J connectivity index is 1.70. The molecule has 5 heteroatoms. The molecule has 0 radical (unpaired) electrons. The Kier molecular flexibility index (Phi) is 4.31. The van der Waals surface area contributed by atoms with Crippen molar-refractivity contribution in [3.63, 3.8) is 0 Å². The third-order valence-corrected chi connectivity index (χ3v) is 4.86. The third kappa shape index (κ3) is 2.99. The molecule has 3 heterocycles. The maximum atomic E-state index is 11.7. The normalized spacial score (nSPS) is 28.0. The van der Waals surface area contributed by atoms with Gasteiger partial charge in [0.25, 0.3) is 0 Å². The average Bonchev–Trinajstić information content (AvgIpc) is 3.10. The number of furan rings is 1. The number of nitrogens with one attached hydrogen (secondary N) is 1. The number of ether oxygens (including phenoxy) is 1. The molecule has 2 saturated heterocycles. The molecule has 2 atom stereocenters. The zero-order valence-electron chi connectivity index (χ0n) is 12.8. The summed E-state index contributed by atoms with van der Waals surface area (Å²) in [7, 11) is 1.39. The van der Waals surface area contributed by atoms with Crippen LogP contribution in [0.4, 0.5) is 0 Å². The molecule has 2 bridgehead atoms. The van der Waals surface area contributed by atoms with Gasteiger partial charge in [-0.25, -0.2) is 4.79 Å². The summed E-state index contributed by atoms with van der Waals surface area (Å²) < 4.78 is 10.1. The molecule has 0 aliphatic carbocycles. The van der Waals surface area contributed by atoms with E-state index in [1.54, 1.807) is 6.26 Å². The second-order valence-electron chi connectivity index (χ2n) is 6.09. The number of hydrogen-bond donors (Lipinski definition) is 1. The molecule has 0 saturated carbocycles. The summed E-state index contributed by atoms with van der Waals surface area (Å²) in [6.07, 6.45) is 6.59. The van der Waals surface area contributed by atoms with Gasteiger partial charge in [0, 0.05) is 30.2 Å². The van der Waals surface area contributed by atoms with Crippen LogP contribution < -0.4 is 5.32 Å². The monoisotopic (exact) mass is 292 g/mol.